The molecule has 1 heterocycles. The van der Waals surface area contributed by atoms with Gasteiger partial charge in [0.2, 0.25) is 0 Å². The molecule has 0 saturated heterocycles. The van der Waals surface area contributed by atoms with Crippen molar-refractivity contribution in [2.75, 3.05) is 18.5 Å². The van der Waals surface area contributed by atoms with E-state index in [-0.39, 0.29) is 16.3 Å². The number of nitrogens with one attached hydrogen (secondary N) is 2. The molecule has 2 rings (SSSR count). The first-order chi connectivity index (χ1) is 12.9. The standard InChI is InChI=1S/C17H12Cl2N4O4/c18-11-3-4-21-14(5-11)17(26)22-8-16(25)27-9-15(24)23-12-2-1-10(7-20)13(19)6-12/h1-6H,8-9H2,(H,22,26)(H,23,24). The van der Waals surface area contributed by atoms with Crippen LogP contribution in [-0.4, -0.2) is 35.9 Å². The van der Waals surface area contributed by atoms with Gasteiger partial charge in [-0.2, -0.15) is 5.26 Å². The lowest BCUT2D eigenvalue weighted by Gasteiger charge is -2.08. The number of rotatable bonds is 6. The minimum absolute atomic E-state index is 0.0470. The van der Waals surface area contributed by atoms with Crippen molar-refractivity contribution in [1.29, 1.82) is 5.26 Å². The molecule has 0 aliphatic rings. The average Bonchev–Trinajstić information content (AvgIpc) is 2.64. The topological polar surface area (TPSA) is 121 Å². The fourth-order valence-corrected chi connectivity index (χ4v) is 2.23. The summed E-state index contributed by atoms with van der Waals surface area (Å²) in [6.07, 6.45) is 1.36. The van der Waals surface area contributed by atoms with E-state index < -0.39 is 30.9 Å². The molecule has 8 nitrogen and oxygen atoms in total. The third-order valence-corrected chi connectivity index (χ3v) is 3.63. The Morgan fingerprint density at radius 2 is 1.96 bits per heavy atom. The first-order valence-electron chi connectivity index (χ1n) is 7.44. The molecule has 138 valence electrons. The third kappa shape index (κ3) is 6.26. The summed E-state index contributed by atoms with van der Waals surface area (Å²) in [7, 11) is 0. The molecule has 1 aromatic heterocycles. The van der Waals surface area contributed by atoms with Crippen LogP contribution in [0.15, 0.2) is 36.5 Å². The van der Waals surface area contributed by atoms with Crippen LogP contribution in [0.2, 0.25) is 10.0 Å². The van der Waals surface area contributed by atoms with E-state index in [4.69, 9.17) is 33.2 Å². The summed E-state index contributed by atoms with van der Waals surface area (Å²) in [4.78, 5) is 39.0. The van der Waals surface area contributed by atoms with Crippen molar-refractivity contribution in [3.05, 3.63) is 57.8 Å². The fraction of sp³-hybridized carbons (Fsp3) is 0.118. The van der Waals surface area contributed by atoms with Crippen molar-refractivity contribution in [2.45, 2.75) is 0 Å². The summed E-state index contributed by atoms with van der Waals surface area (Å²) >= 11 is 11.6. The minimum atomic E-state index is -0.807. The maximum Gasteiger partial charge on any atom is 0.325 e. The number of pyridine rings is 1. The number of hydrogen-bond acceptors (Lipinski definition) is 6. The van der Waals surface area contributed by atoms with Crippen LogP contribution in [0.3, 0.4) is 0 Å². The van der Waals surface area contributed by atoms with Crippen LogP contribution in [0, 0.1) is 11.3 Å². The van der Waals surface area contributed by atoms with Crippen molar-refractivity contribution in [3.8, 4) is 6.07 Å². The van der Waals surface area contributed by atoms with Gasteiger partial charge in [-0.25, -0.2) is 0 Å². The Morgan fingerprint density at radius 3 is 2.63 bits per heavy atom. The third-order valence-electron chi connectivity index (χ3n) is 3.09. The zero-order valence-corrected chi connectivity index (χ0v) is 15.2. The number of ether oxygens (including phenoxy) is 1. The molecule has 0 unspecified atom stereocenters. The zero-order chi connectivity index (χ0) is 19.8. The van der Waals surface area contributed by atoms with Crippen LogP contribution in [-0.2, 0) is 14.3 Å². The molecule has 0 fully saturated rings. The van der Waals surface area contributed by atoms with Crippen molar-refractivity contribution >= 4 is 46.7 Å². The van der Waals surface area contributed by atoms with E-state index in [1.807, 2.05) is 6.07 Å². The summed E-state index contributed by atoms with van der Waals surface area (Å²) in [6, 6.07) is 9.08. The van der Waals surface area contributed by atoms with E-state index in [2.05, 4.69) is 15.6 Å². The lowest BCUT2D eigenvalue weighted by atomic mass is 10.2. The van der Waals surface area contributed by atoms with Crippen LogP contribution in [0.1, 0.15) is 16.1 Å². The van der Waals surface area contributed by atoms with Crippen molar-refractivity contribution in [2.24, 2.45) is 0 Å². The highest BCUT2D eigenvalue weighted by Crippen LogP contribution is 2.20. The molecule has 0 aliphatic carbocycles. The maximum atomic E-state index is 11.8. The van der Waals surface area contributed by atoms with Gasteiger partial charge in [0.25, 0.3) is 11.8 Å². The summed E-state index contributed by atoms with van der Waals surface area (Å²) in [5, 5.41) is 14.1. The number of carbonyl (C=O) groups excluding carboxylic acids is 3. The van der Waals surface area contributed by atoms with E-state index >= 15 is 0 Å². The average molecular weight is 407 g/mol. The molecule has 1 aromatic carbocycles. The molecule has 2 amide bonds. The van der Waals surface area contributed by atoms with Gasteiger partial charge in [-0.1, -0.05) is 23.2 Å². The first-order valence-corrected chi connectivity index (χ1v) is 8.19. The molecule has 0 aliphatic heterocycles. The first kappa shape index (κ1) is 20.2. The van der Waals surface area contributed by atoms with Gasteiger partial charge in [0, 0.05) is 16.9 Å². The van der Waals surface area contributed by atoms with Crippen molar-refractivity contribution < 1.29 is 19.1 Å². The van der Waals surface area contributed by atoms with Gasteiger partial charge >= 0.3 is 5.97 Å². The van der Waals surface area contributed by atoms with Crippen LogP contribution >= 0.6 is 23.2 Å². The number of amides is 2. The van der Waals surface area contributed by atoms with Crippen molar-refractivity contribution in [1.82, 2.24) is 10.3 Å². The predicted octanol–water partition coefficient (Wildman–Crippen LogP) is 2.17. The van der Waals surface area contributed by atoms with Gasteiger partial charge in [0.05, 0.1) is 10.6 Å². The Hall–Kier alpha value is -3.15. The predicted molar refractivity (Wildman–Crippen MR) is 97.3 cm³/mol. The van der Waals surface area contributed by atoms with Crippen LogP contribution in [0.25, 0.3) is 0 Å². The molecular weight excluding hydrogens is 395 g/mol. The highest BCUT2D eigenvalue weighted by Gasteiger charge is 2.12. The lowest BCUT2D eigenvalue weighted by molar-refractivity contribution is -0.146. The Labute approximate surface area is 164 Å². The number of aromatic nitrogens is 1. The van der Waals surface area contributed by atoms with Gasteiger partial charge < -0.3 is 15.4 Å². The Bertz CT molecular complexity index is 927. The van der Waals surface area contributed by atoms with E-state index in [0.29, 0.717) is 10.7 Å². The second kappa shape index (κ2) is 9.52. The normalized spacial score (nSPS) is 9.81. The molecule has 10 heteroatoms. The summed E-state index contributed by atoms with van der Waals surface area (Å²) in [6.45, 7) is -0.995. The molecule has 2 N–H and O–H groups in total. The summed E-state index contributed by atoms with van der Waals surface area (Å²) < 4.78 is 4.76. The number of halogens is 2. The lowest BCUT2D eigenvalue weighted by Crippen LogP contribution is -2.32. The quantitative estimate of drug-likeness (QED) is 0.708. The number of esters is 1. The second-order valence-electron chi connectivity index (χ2n) is 5.06. The van der Waals surface area contributed by atoms with E-state index in [1.54, 1.807) is 0 Å². The fourth-order valence-electron chi connectivity index (χ4n) is 1.85. The van der Waals surface area contributed by atoms with E-state index in [1.165, 1.54) is 36.5 Å². The molecular formula is C17H12Cl2N4O4. The van der Waals surface area contributed by atoms with Gasteiger partial charge in [-0.15, -0.1) is 0 Å². The summed E-state index contributed by atoms with van der Waals surface area (Å²) in [5.41, 5.74) is 0.664. The summed E-state index contributed by atoms with van der Waals surface area (Å²) in [5.74, 6) is -2.02. The number of anilines is 1. The number of nitrogens with zero attached hydrogens (tertiary/aromatic N) is 2. The van der Waals surface area contributed by atoms with E-state index in [9.17, 15) is 14.4 Å². The largest absolute Gasteiger partial charge is 0.454 e. The zero-order valence-electron chi connectivity index (χ0n) is 13.7. The smallest absolute Gasteiger partial charge is 0.325 e. The van der Waals surface area contributed by atoms with Crippen LogP contribution < -0.4 is 10.6 Å². The molecule has 0 spiro atoms. The number of hydrogen-bond donors (Lipinski definition) is 2. The molecule has 0 atom stereocenters. The Morgan fingerprint density at radius 1 is 1.19 bits per heavy atom. The molecule has 2 aromatic rings. The SMILES string of the molecule is N#Cc1ccc(NC(=O)COC(=O)CNC(=O)c2cc(Cl)ccn2)cc1Cl. The van der Waals surface area contributed by atoms with Gasteiger partial charge in [0.1, 0.15) is 18.3 Å². The van der Waals surface area contributed by atoms with Crippen molar-refractivity contribution in [3.63, 3.8) is 0 Å². The Kier molecular flexibility index (Phi) is 7.11. The minimum Gasteiger partial charge on any atom is -0.454 e. The second-order valence-corrected chi connectivity index (χ2v) is 5.90. The monoisotopic (exact) mass is 406 g/mol. The molecule has 0 bridgehead atoms. The Balaban J connectivity index is 1.76. The molecule has 27 heavy (non-hydrogen) atoms. The number of nitriles is 1. The van der Waals surface area contributed by atoms with Gasteiger partial charge in [-0.3, -0.25) is 19.4 Å². The van der Waals surface area contributed by atoms with E-state index in [0.717, 1.165) is 0 Å². The van der Waals surface area contributed by atoms with Crippen LogP contribution in [0.5, 0.6) is 0 Å². The maximum absolute atomic E-state index is 11.8. The van der Waals surface area contributed by atoms with Gasteiger partial charge in [0.15, 0.2) is 6.61 Å². The molecule has 0 saturated carbocycles. The number of benzene rings is 1. The van der Waals surface area contributed by atoms with Crippen LogP contribution in [0.4, 0.5) is 5.69 Å². The molecule has 0 radical (unpaired) electrons. The number of carbonyl (C=O) groups is 3. The highest BCUT2D eigenvalue weighted by molar-refractivity contribution is 6.32. The van der Waals surface area contributed by atoms with Gasteiger partial charge in [-0.05, 0) is 30.3 Å². The highest BCUT2D eigenvalue weighted by atomic mass is 35.5.